The Bertz CT molecular complexity index is 1780. The molecule has 0 aromatic heterocycles. The molecule has 2 aromatic rings. The topological polar surface area (TPSA) is 230 Å². The number of aryl methyl sites for hydroxylation is 1. The zero-order valence-electron chi connectivity index (χ0n) is 38.2. The third-order valence-corrected chi connectivity index (χ3v) is 9.27. The van der Waals surface area contributed by atoms with Crippen molar-refractivity contribution in [2.24, 2.45) is 5.92 Å². The number of aliphatic carboxylic acids is 1. The molecule has 6 amide bonds. The van der Waals surface area contributed by atoms with Crippen LogP contribution in [0.4, 0.5) is 9.59 Å². The quantitative estimate of drug-likeness (QED) is 0.0644. The Morgan fingerprint density at radius 1 is 0.597 bits per heavy atom. The van der Waals surface area contributed by atoms with Crippen LogP contribution in [0, 0.1) is 5.92 Å². The van der Waals surface area contributed by atoms with Crippen LogP contribution in [0.5, 0.6) is 0 Å². The largest absolute Gasteiger partial charge is 0.480 e. The van der Waals surface area contributed by atoms with Crippen molar-refractivity contribution in [3.8, 4) is 11.1 Å². The maximum absolute atomic E-state index is 14.1. The van der Waals surface area contributed by atoms with Gasteiger partial charge in [0.05, 0.1) is 0 Å². The molecular formula is C46H70N6O10. The predicted octanol–water partition coefficient (Wildman–Crippen LogP) is 6.01. The van der Waals surface area contributed by atoms with Crippen molar-refractivity contribution in [3.05, 3.63) is 59.7 Å². The van der Waals surface area contributed by atoms with Gasteiger partial charge in [-0.05, 0) is 128 Å². The van der Waals surface area contributed by atoms with E-state index in [9.17, 15) is 38.7 Å². The summed E-state index contributed by atoms with van der Waals surface area (Å²) in [5.74, 6) is -4.04. The molecule has 0 bridgehead atoms. The highest BCUT2D eigenvalue weighted by atomic mass is 16.6. The molecular weight excluding hydrogens is 797 g/mol. The molecule has 2 rings (SSSR count). The molecule has 16 heteroatoms. The molecule has 0 spiro atoms. The summed E-state index contributed by atoms with van der Waals surface area (Å²) in [5, 5.41) is 25.3. The van der Waals surface area contributed by atoms with Crippen LogP contribution in [-0.4, -0.2) is 95.4 Å². The maximum atomic E-state index is 14.1. The first-order valence-electron chi connectivity index (χ1n) is 21.6. The number of hydrogen-bond donors (Lipinski definition) is 7. The second-order valence-corrected chi connectivity index (χ2v) is 17.9. The van der Waals surface area contributed by atoms with E-state index in [0.29, 0.717) is 18.4 Å². The molecule has 0 aliphatic carbocycles. The van der Waals surface area contributed by atoms with E-state index in [-0.39, 0.29) is 38.3 Å². The highest BCUT2D eigenvalue weighted by Gasteiger charge is 2.30. The van der Waals surface area contributed by atoms with Gasteiger partial charge in [-0.1, -0.05) is 63.6 Å². The summed E-state index contributed by atoms with van der Waals surface area (Å²) in [6, 6.07) is 10.4. The van der Waals surface area contributed by atoms with Gasteiger partial charge in [-0.15, -0.1) is 0 Å². The van der Waals surface area contributed by atoms with Gasteiger partial charge in [0.15, 0.2) is 0 Å². The van der Waals surface area contributed by atoms with Crippen molar-refractivity contribution in [3.63, 3.8) is 0 Å². The van der Waals surface area contributed by atoms with Crippen LogP contribution in [-0.2, 0) is 35.1 Å². The smallest absolute Gasteiger partial charge is 0.407 e. The summed E-state index contributed by atoms with van der Waals surface area (Å²) < 4.78 is 10.6. The van der Waals surface area contributed by atoms with Crippen LogP contribution in [0.2, 0.25) is 0 Å². The lowest BCUT2D eigenvalue weighted by molar-refractivity contribution is -0.142. The molecule has 344 valence electrons. The summed E-state index contributed by atoms with van der Waals surface area (Å²) in [7, 11) is 0. The van der Waals surface area contributed by atoms with E-state index >= 15 is 0 Å². The molecule has 0 unspecified atom stereocenters. The Morgan fingerprint density at radius 2 is 1.10 bits per heavy atom. The molecule has 7 N–H and O–H groups in total. The van der Waals surface area contributed by atoms with Gasteiger partial charge in [0.25, 0.3) is 5.91 Å². The number of carboxylic acids is 1. The summed E-state index contributed by atoms with van der Waals surface area (Å²) >= 11 is 0. The zero-order valence-corrected chi connectivity index (χ0v) is 38.2. The van der Waals surface area contributed by atoms with Crippen LogP contribution < -0.4 is 31.9 Å². The standard InChI is InChI=1S/C46H70N6O10/c1-11-12-15-31-17-19-32(20-18-31)33-21-23-34(24-22-33)39(54)50-35(16-13-14-26-47-43(59)61-45(5,6)7)41(56)51-36(25-27-48-44(60)62-46(8,9)10)40(55)49-30(4)38(53)52-37(42(57)58)28-29(2)3/h17-24,29-30,35-37H,11-16,25-28H2,1-10H3,(H,47,59)(H,48,60)(H,49,55)(H,50,54)(H,51,56)(H,52,53)(H,57,58)/t30-,35-,36-,37-/m0/s1. The van der Waals surface area contributed by atoms with E-state index in [1.54, 1.807) is 53.7 Å². The van der Waals surface area contributed by atoms with Crippen molar-refractivity contribution < 1.29 is 48.1 Å². The molecule has 16 nitrogen and oxygen atoms in total. The Morgan fingerprint density at radius 3 is 1.61 bits per heavy atom. The second-order valence-electron chi connectivity index (χ2n) is 17.9. The average molecular weight is 867 g/mol. The van der Waals surface area contributed by atoms with E-state index in [2.05, 4.69) is 51.0 Å². The van der Waals surface area contributed by atoms with E-state index in [4.69, 9.17) is 9.47 Å². The lowest BCUT2D eigenvalue weighted by Gasteiger charge is -2.25. The molecule has 0 saturated carbocycles. The van der Waals surface area contributed by atoms with Crippen LogP contribution in [0.3, 0.4) is 0 Å². The fourth-order valence-electron chi connectivity index (χ4n) is 6.09. The number of alkyl carbamates (subject to hydrolysis) is 2. The van der Waals surface area contributed by atoms with Crippen molar-refractivity contribution in [1.29, 1.82) is 0 Å². The van der Waals surface area contributed by atoms with Gasteiger partial charge >= 0.3 is 18.2 Å². The third kappa shape index (κ3) is 20.7. The highest BCUT2D eigenvalue weighted by molar-refractivity contribution is 5.99. The van der Waals surface area contributed by atoms with Gasteiger partial charge in [-0.2, -0.15) is 0 Å². The molecule has 2 aromatic carbocycles. The number of hydrogen-bond acceptors (Lipinski definition) is 9. The minimum absolute atomic E-state index is 0.0366. The SMILES string of the molecule is CCCCc1ccc(-c2ccc(C(=O)N[C@@H](CCCCNC(=O)OC(C)(C)C)C(=O)N[C@@H](CCNC(=O)OC(C)(C)C)C(=O)N[C@@H](C)C(=O)N[C@@H](CC(C)C)C(=O)O)cc2)cc1. The summed E-state index contributed by atoms with van der Waals surface area (Å²) in [6.45, 7) is 17.6. The molecule has 0 saturated heterocycles. The normalized spacial score (nSPS) is 13.4. The van der Waals surface area contributed by atoms with E-state index < -0.39 is 77.2 Å². The van der Waals surface area contributed by atoms with Gasteiger partial charge in [0, 0.05) is 18.7 Å². The zero-order chi connectivity index (χ0) is 46.6. The van der Waals surface area contributed by atoms with Crippen molar-refractivity contribution in [2.75, 3.05) is 13.1 Å². The number of carboxylic acid groups (broad SMARTS) is 1. The highest BCUT2D eigenvalue weighted by Crippen LogP contribution is 2.21. The van der Waals surface area contributed by atoms with Gasteiger partial charge in [-0.25, -0.2) is 14.4 Å². The number of carbonyl (C=O) groups excluding carboxylic acids is 6. The van der Waals surface area contributed by atoms with E-state index in [1.165, 1.54) is 12.5 Å². The number of ether oxygens (including phenoxy) is 2. The van der Waals surface area contributed by atoms with Crippen molar-refractivity contribution in [2.45, 2.75) is 156 Å². The number of unbranched alkanes of at least 4 members (excludes halogenated alkanes) is 2. The first kappa shape index (κ1) is 52.5. The first-order valence-corrected chi connectivity index (χ1v) is 21.6. The lowest BCUT2D eigenvalue weighted by atomic mass is 10.0. The molecule has 0 radical (unpaired) electrons. The predicted molar refractivity (Wildman–Crippen MR) is 237 cm³/mol. The minimum atomic E-state index is -1.32. The monoisotopic (exact) mass is 867 g/mol. The van der Waals surface area contributed by atoms with Gasteiger partial charge < -0.3 is 46.5 Å². The number of nitrogens with one attached hydrogen (secondary N) is 6. The van der Waals surface area contributed by atoms with Gasteiger partial charge in [0.2, 0.25) is 17.7 Å². The van der Waals surface area contributed by atoms with Gasteiger partial charge in [0.1, 0.15) is 35.4 Å². The van der Waals surface area contributed by atoms with Crippen LogP contribution in [0.1, 0.15) is 130 Å². The van der Waals surface area contributed by atoms with Crippen LogP contribution in [0.25, 0.3) is 11.1 Å². The van der Waals surface area contributed by atoms with E-state index in [1.807, 2.05) is 38.1 Å². The number of benzene rings is 2. The Kier molecular flexibility index (Phi) is 21.4. The molecule has 0 fully saturated rings. The molecule has 0 heterocycles. The van der Waals surface area contributed by atoms with E-state index in [0.717, 1.165) is 30.4 Å². The third-order valence-electron chi connectivity index (χ3n) is 9.27. The van der Waals surface area contributed by atoms with Crippen molar-refractivity contribution in [1.82, 2.24) is 31.9 Å². The second kappa shape index (κ2) is 25.3. The molecule has 62 heavy (non-hydrogen) atoms. The fraction of sp³-hybridized carbons (Fsp3) is 0.587. The Hall–Kier alpha value is -5.67. The lowest BCUT2D eigenvalue weighted by Crippen LogP contribution is -2.57. The maximum Gasteiger partial charge on any atom is 0.407 e. The number of amides is 6. The summed E-state index contributed by atoms with van der Waals surface area (Å²) in [4.78, 5) is 90.9. The molecule has 0 aliphatic rings. The first-order chi connectivity index (χ1) is 29.0. The summed E-state index contributed by atoms with van der Waals surface area (Å²) in [5.41, 5.74) is 1.96. The van der Waals surface area contributed by atoms with Crippen LogP contribution >= 0.6 is 0 Å². The molecule has 0 aliphatic heterocycles. The number of rotatable bonds is 23. The van der Waals surface area contributed by atoms with Crippen molar-refractivity contribution >= 4 is 41.8 Å². The summed E-state index contributed by atoms with van der Waals surface area (Å²) in [6.07, 6.45) is 2.82. The fourth-order valence-corrected chi connectivity index (χ4v) is 6.09. The minimum Gasteiger partial charge on any atom is -0.480 e. The van der Waals surface area contributed by atoms with Crippen LogP contribution in [0.15, 0.2) is 48.5 Å². The van der Waals surface area contributed by atoms with Gasteiger partial charge in [-0.3, -0.25) is 19.2 Å². The molecule has 4 atom stereocenters. The average Bonchev–Trinajstić information content (AvgIpc) is 3.17. The number of carbonyl (C=O) groups is 7. The Labute approximate surface area is 366 Å². The Balaban J connectivity index is 2.31.